The minimum atomic E-state index is -0.568. The molecule has 6 nitrogen and oxygen atoms in total. The normalized spacial score (nSPS) is 16.4. The van der Waals surface area contributed by atoms with Crippen LogP contribution in [0.3, 0.4) is 0 Å². The number of halogens is 1. The topological polar surface area (TPSA) is 79.5 Å². The number of nitrogens with one attached hydrogen (secondary N) is 3. The molecule has 7 heteroatoms. The first-order chi connectivity index (χ1) is 13.6. The molecule has 1 heterocycles. The molecule has 0 saturated heterocycles. The summed E-state index contributed by atoms with van der Waals surface area (Å²) in [5.41, 5.74) is 2.76. The smallest absolute Gasteiger partial charge is 0.338 e. The number of hydrogen-bond donors (Lipinski definition) is 3. The third kappa shape index (κ3) is 4.91. The van der Waals surface area contributed by atoms with Gasteiger partial charge >= 0.3 is 12.0 Å². The first-order valence-corrected chi connectivity index (χ1v) is 9.44. The Morgan fingerprint density at radius 1 is 1.11 bits per heavy atom. The van der Waals surface area contributed by atoms with Gasteiger partial charge in [0.25, 0.3) is 0 Å². The predicted molar refractivity (Wildman–Crippen MR) is 108 cm³/mol. The predicted octanol–water partition coefficient (Wildman–Crippen LogP) is 3.30. The van der Waals surface area contributed by atoms with Crippen molar-refractivity contribution in [3.05, 3.63) is 82.0 Å². The van der Waals surface area contributed by atoms with Gasteiger partial charge in [0.1, 0.15) is 0 Å². The van der Waals surface area contributed by atoms with Gasteiger partial charge < -0.3 is 20.7 Å². The van der Waals surface area contributed by atoms with E-state index in [2.05, 4.69) is 16.0 Å². The molecule has 2 aromatic carbocycles. The number of rotatable bonds is 7. The fourth-order valence-corrected chi connectivity index (χ4v) is 3.16. The fraction of sp³-hybridized carbons (Fsp3) is 0.238. The highest BCUT2D eigenvalue weighted by molar-refractivity contribution is 6.30. The van der Waals surface area contributed by atoms with Gasteiger partial charge in [0.05, 0.1) is 18.2 Å². The number of carbonyl (C=O) groups excluding carboxylic acids is 2. The first kappa shape index (κ1) is 19.9. The van der Waals surface area contributed by atoms with Crippen LogP contribution in [0.5, 0.6) is 0 Å². The summed E-state index contributed by atoms with van der Waals surface area (Å²) in [5, 5.41) is 9.49. The second-order valence-electron chi connectivity index (χ2n) is 6.28. The summed E-state index contributed by atoms with van der Waals surface area (Å²) in [6.45, 7) is 2.89. The van der Waals surface area contributed by atoms with Crippen molar-refractivity contribution in [1.29, 1.82) is 0 Å². The highest BCUT2D eigenvalue weighted by atomic mass is 35.5. The van der Waals surface area contributed by atoms with Crippen molar-refractivity contribution in [2.24, 2.45) is 0 Å². The van der Waals surface area contributed by atoms with Crippen molar-refractivity contribution in [2.75, 3.05) is 13.2 Å². The Bertz CT molecular complexity index is 866. The SMILES string of the molecule is CCOC(=O)C1=C(CNCc2ccc(Cl)cc2)NC(=O)NC1c1ccccc1. The zero-order chi connectivity index (χ0) is 19.9. The molecule has 0 spiro atoms. The largest absolute Gasteiger partial charge is 0.463 e. The van der Waals surface area contributed by atoms with Crippen molar-refractivity contribution in [2.45, 2.75) is 19.5 Å². The fourth-order valence-electron chi connectivity index (χ4n) is 3.04. The van der Waals surface area contributed by atoms with Crippen LogP contribution in [0, 0.1) is 0 Å². The molecular formula is C21H22ClN3O3. The van der Waals surface area contributed by atoms with Crippen LogP contribution >= 0.6 is 11.6 Å². The molecule has 0 aliphatic carbocycles. The van der Waals surface area contributed by atoms with Crippen LogP contribution in [0.15, 0.2) is 65.9 Å². The molecule has 0 saturated carbocycles. The van der Waals surface area contributed by atoms with Crippen molar-refractivity contribution in [3.63, 3.8) is 0 Å². The second-order valence-corrected chi connectivity index (χ2v) is 6.72. The Hall–Kier alpha value is -2.83. The maximum absolute atomic E-state index is 12.7. The lowest BCUT2D eigenvalue weighted by Gasteiger charge is -2.29. The Labute approximate surface area is 168 Å². The van der Waals surface area contributed by atoms with E-state index in [1.165, 1.54) is 0 Å². The number of esters is 1. The van der Waals surface area contributed by atoms with Crippen molar-refractivity contribution in [3.8, 4) is 0 Å². The van der Waals surface area contributed by atoms with Gasteiger partial charge in [-0.25, -0.2) is 9.59 Å². The summed E-state index contributed by atoms with van der Waals surface area (Å²) in [6, 6.07) is 15.9. The molecule has 1 aliphatic rings. The van der Waals surface area contributed by atoms with Gasteiger partial charge in [0.15, 0.2) is 0 Å². The molecule has 2 amide bonds. The Kier molecular flexibility index (Phi) is 6.68. The summed E-state index contributed by atoms with van der Waals surface area (Å²) in [6.07, 6.45) is 0. The lowest BCUT2D eigenvalue weighted by molar-refractivity contribution is -0.139. The van der Waals surface area contributed by atoms with Crippen molar-refractivity contribution in [1.82, 2.24) is 16.0 Å². The molecule has 3 N–H and O–H groups in total. The van der Waals surface area contributed by atoms with Crippen LogP contribution < -0.4 is 16.0 Å². The van der Waals surface area contributed by atoms with Crippen LogP contribution in [0.4, 0.5) is 4.79 Å². The second kappa shape index (κ2) is 9.39. The van der Waals surface area contributed by atoms with Crippen LogP contribution in [0.25, 0.3) is 0 Å². The first-order valence-electron chi connectivity index (χ1n) is 9.06. The number of benzene rings is 2. The average Bonchev–Trinajstić information content (AvgIpc) is 2.70. The van der Waals surface area contributed by atoms with E-state index in [4.69, 9.17) is 16.3 Å². The van der Waals surface area contributed by atoms with Gasteiger partial charge in [-0.05, 0) is 30.2 Å². The summed E-state index contributed by atoms with van der Waals surface area (Å²) >= 11 is 5.91. The number of amides is 2. The molecule has 0 radical (unpaired) electrons. The van der Waals surface area contributed by atoms with E-state index in [0.717, 1.165) is 11.1 Å². The van der Waals surface area contributed by atoms with E-state index in [1.807, 2.05) is 54.6 Å². The molecule has 1 aliphatic heterocycles. The van der Waals surface area contributed by atoms with Gasteiger partial charge in [-0.15, -0.1) is 0 Å². The molecule has 0 bridgehead atoms. The van der Waals surface area contributed by atoms with Crippen LogP contribution in [-0.2, 0) is 16.1 Å². The number of ether oxygens (including phenoxy) is 1. The molecule has 2 aromatic rings. The molecule has 3 rings (SSSR count). The van der Waals surface area contributed by atoms with E-state index < -0.39 is 12.0 Å². The summed E-state index contributed by atoms with van der Waals surface area (Å²) in [5.74, 6) is -0.452. The third-order valence-corrected chi connectivity index (χ3v) is 4.58. The molecule has 146 valence electrons. The average molecular weight is 400 g/mol. The highest BCUT2D eigenvalue weighted by Gasteiger charge is 2.33. The molecule has 1 unspecified atom stereocenters. The van der Waals surface area contributed by atoms with Gasteiger partial charge in [0, 0.05) is 23.8 Å². The van der Waals surface area contributed by atoms with E-state index in [9.17, 15) is 9.59 Å². The molecular weight excluding hydrogens is 378 g/mol. The van der Waals surface area contributed by atoms with Crippen molar-refractivity contribution >= 4 is 23.6 Å². The lowest BCUT2D eigenvalue weighted by atomic mass is 9.95. The Balaban J connectivity index is 1.84. The van der Waals surface area contributed by atoms with Crippen LogP contribution in [0.2, 0.25) is 5.02 Å². The van der Waals surface area contributed by atoms with Gasteiger partial charge in [0.2, 0.25) is 0 Å². The maximum atomic E-state index is 12.7. The summed E-state index contributed by atoms with van der Waals surface area (Å²) in [4.78, 5) is 24.9. The van der Waals surface area contributed by atoms with Crippen LogP contribution in [-0.4, -0.2) is 25.2 Å². The minimum Gasteiger partial charge on any atom is -0.463 e. The monoisotopic (exact) mass is 399 g/mol. The molecule has 28 heavy (non-hydrogen) atoms. The van der Waals surface area contributed by atoms with E-state index >= 15 is 0 Å². The Morgan fingerprint density at radius 3 is 2.50 bits per heavy atom. The van der Waals surface area contributed by atoms with Crippen molar-refractivity contribution < 1.29 is 14.3 Å². The minimum absolute atomic E-state index is 0.253. The summed E-state index contributed by atoms with van der Waals surface area (Å²) < 4.78 is 5.25. The Morgan fingerprint density at radius 2 is 1.82 bits per heavy atom. The van der Waals surface area contributed by atoms with Gasteiger partial charge in [-0.2, -0.15) is 0 Å². The van der Waals surface area contributed by atoms with E-state index in [-0.39, 0.29) is 12.6 Å². The molecule has 1 atom stereocenters. The third-order valence-electron chi connectivity index (χ3n) is 4.33. The highest BCUT2D eigenvalue weighted by Crippen LogP contribution is 2.27. The lowest BCUT2D eigenvalue weighted by Crippen LogP contribution is -2.48. The number of hydrogen-bond acceptors (Lipinski definition) is 4. The molecule has 0 fully saturated rings. The maximum Gasteiger partial charge on any atom is 0.338 e. The zero-order valence-corrected chi connectivity index (χ0v) is 16.3. The van der Waals surface area contributed by atoms with Crippen LogP contribution in [0.1, 0.15) is 24.1 Å². The van der Waals surface area contributed by atoms with Gasteiger partial charge in [-0.3, -0.25) is 0 Å². The standard InChI is InChI=1S/C21H22ClN3O3/c1-2-28-20(26)18-17(13-23-12-14-8-10-16(22)11-9-14)24-21(27)25-19(18)15-6-4-3-5-7-15/h3-11,19,23H,2,12-13H2,1H3,(H2,24,25,27). The summed E-state index contributed by atoms with van der Waals surface area (Å²) in [7, 11) is 0. The van der Waals surface area contributed by atoms with Gasteiger partial charge in [-0.1, -0.05) is 54.1 Å². The molecule has 0 aromatic heterocycles. The zero-order valence-electron chi connectivity index (χ0n) is 15.5. The van der Waals surface area contributed by atoms with E-state index in [1.54, 1.807) is 6.92 Å². The number of urea groups is 1. The number of carbonyl (C=O) groups is 2. The quantitative estimate of drug-likeness (QED) is 0.624. The van der Waals surface area contributed by atoms with E-state index in [0.29, 0.717) is 29.4 Å².